The van der Waals surface area contributed by atoms with Crippen LogP contribution in [0.2, 0.25) is 0 Å². The first-order valence-corrected chi connectivity index (χ1v) is 6.68. The van der Waals surface area contributed by atoms with E-state index in [1.807, 2.05) is 24.3 Å². The number of methoxy groups -OCH3 is 1. The second-order valence-corrected chi connectivity index (χ2v) is 5.62. The zero-order chi connectivity index (χ0) is 12.4. The van der Waals surface area contributed by atoms with E-state index in [2.05, 4.69) is 27.3 Å². The third kappa shape index (κ3) is 2.61. The van der Waals surface area contributed by atoms with Gasteiger partial charge in [-0.25, -0.2) is 4.79 Å². The number of hydrogen-bond acceptors (Lipinski definition) is 4. The summed E-state index contributed by atoms with van der Waals surface area (Å²) in [6, 6.07) is 9.44. The molecule has 0 amide bonds. The Morgan fingerprint density at radius 1 is 1.35 bits per heavy atom. The molecule has 2 aromatic rings. The fourth-order valence-corrected chi connectivity index (χ4v) is 2.71. The summed E-state index contributed by atoms with van der Waals surface area (Å²) in [5.74, 6) is -0.542. The number of halogens is 1. The number of hydrogen-bond donors (Lipinski definition) is 1. The van der Waals surface area contributed by atoms with Crippen LogP contribution in [0.1, 0.15) is 9.67 Å². The van der Waals surface area contributed by atoms with Crippen LogP contribution in [0.5, 0.6) is 5.75 Å². The van der Waals surface area contributed by atoms with Gasteiger partial charge in [-0.05, 0) is 46.4 Å². The van der Waals surface area contributed by atoms with E-state index >= 15 is 0 Å². The summed E-state index contributed by atoms with van der Waals surface area (Å²) >= 11 is 3.45. The number of thiophene rings is 1. The highest BCUT2D eigenvalue weighted by Crippen LogP contribution is 2.36. The molecule has 0 bridgehead atoms. The smallest absolute Gasteiger partial charge is 0.351 e. The quantitative estimate of drug-likeness (QED) is 0.659. The van der Waals surface area contributed by atoms with Gasteiger partial charge in [-0.1, -0.05) is 12.1 Å². The minimum Gasteiger partial charge on any atom is -0.506 e. The molecule has 0 saturated carbocycles. The molecular formula is C12H9IO3S. The van der Waals surface area contributed by atoms with Crippen LogP contribution < -0.4 is 0 Å². The predicted molar refractivity (Wildman–Crippen MR) is 75.5 cm³/mol. The van der Waals surface area contributed by atoms with Crippen LogP contribution in [-0.4, -0.2) is 18.2 Å². The van der Waals surface area contributed by atoms with E-state index in [0.717, 1.165) is 14.0 Å². The van der Waals surface area contributed by atoms with Gasteiger partial charge in [0.25, 0.3) is 0 Å². The van der Waals surface area contributed by atoms with Crippen molar-refractivity contribution < 1.29 is 14.6 Å². The molecule has 88 valence electrons. The zero-order valence-electron chi connectivity index (χ0n) is 8.94. The van der Waals surface area contributed by atoms with Crippen molar-refractivity contribution in [3.8, 4) is 16.2 Å². The van der Waals surface area contributed by atoms with E-state index in [1.165, 1.54) is 18.4 Å². The Balaban J connectivity index is 2.41. The molecule has 3 nitrogen and oxygen atoms in total. The van der Waals surface area contributed by atoms with E-state index in [9.17, 15) is 9.90 Å². The molecule has 2 rings (SSSR count). The van der Waals surface area contributed by atoms with Gasteiger partial charge in [0.1, 0.15) is 5.75 Å². The van der Waals surface area contributed by atoms with Gasteiger partial charge >= 0.3 is 5.97 Å². The van der Waals surface area contributed by atoms with Crippen LogP contribution in [-0.2, 0) is 4.74 Å². The number of carbonyl (C=O) groups is 1. The lowest BCUT2D eigenvalue weighted by atomic mass is 10.2. The summed E-state index contributed by atoms with van der Waals surface area (Å²) in [6.45, 7) is 0. The molecule has 1 aromatic heterocycles. The molecule has 5 heteroatoms. The third-order valence-corrected chi connectivity index (χ3v) is 4.08. The summed E-state index contributed by atoms with van der Waals surface area (Å²) < 4.78 is 5.73. The molecule has 0 spiro atoms. The van der Waals surface area contributed by atoms with Gasteiger partial charge in [0.05, 0.1) is 7.11 Å². The highest BCUT2D eigenvalue weighted by Gasteiger charge is 2.16. The first-order chi connectivity index (χ1) is 8.11. The molecule has 0 unspecified atom stereocenters. The fourth-order valence-electron chi connectivity index (χ4n) is 1.38. The van der Waals surface area contributed by atoms with Crippen LogP contribution in [0, 0.1) is 3.57 Å². The third-order valence-electron chi connectivity index (χ3n) is 2.21. The fraction of sp³-hybridized carbons (Fsp3) is 0.0833. The largest absolute Gasteiger partial charge is 0.506 e. The van der Waals surface area contributed by atoms with Crippen molar-refractivity contribution in [3.05, 3.63) is 38.8 Å². The lowest BCUT2D eigenvalue weighted by Crippen LogP contribution is -1.97. The maximum atomic E-state index is 11.4. The van der Waals surface area contributed by atoms with E-state index < -0.39 is 5.97 Å². The zero-order valence-corrected chi connectivity index (χ0v) is 11.9. The van der Waals surface area contributed by atoms with Crippen LogP contribution in [0.4, 0.5) is 0 Å². The van der Waals surface area contributed by atoms with Gasteiger partial charge < -0.3 is 9.84 Å². The lowest BCUT2D eigenvalue weighted by Gasteiger charge is -1.96. The van der Waals surface area contributed by atoms with Crippen molar-refractivity contribution in [1.29, 1.82) is 0 Å². The van der Waals surface area contributed by atoms with E-state index in [4.69, 9.17) is 0 Å². The number of aromatic hydroxyl groups is 1. The number of ether oxygens (including phenoxy) is 1. The topological polar surface area (TPSA) is 46.5 Å². The minimum absolute atomic E-state index is 0.0320. The van der Waals surface area contributed by atoms with Crippen LogP contribution in [0.15, 0.2) is 30.3 Å². The van der Waals surface area contributed by atoms with Gasteiger partial charge in [-0.3, -0.25) is 0 Å². The number of rotatable bonds is 2. The van der Waals surface area contributed by atoms with Crippen molar-refractivity contribution in [2.24, 2.45) is 0 Å². The maximum Gasteiger partial charge on any atom is 0.351 e. The van der Waals surface area contributed by atoms with Crippen molar-refractivity contribution >= 4 is 39.9 Å². The molecule has 1 aromatic carbocycles. The predicted octanol–water partition coefficient (Wildman–Crippen LogP) is 3.51. The normalized spacial score (nSPS) is 10.2. The molecule has 0 aliphatic rings. The molecule has 17 heavy (non-hydrogen) atoms. The van der Waals surface area contributed by atoms with Gasteiger partial charge in [0, 0.05) is 8.45 Å². The molecule has 0 aliphatic heterocycles. The Labute approximate surface area is 116 Å². The Kier molecular flexibility index (Phi) is 3.68. The summed E-state index contributed by atoms with van der Waals surface area (Å²) in [5.41, 5.74) is 0.973. The summed E-state index contributed by atoms with van der Waals surface area (Å²) in [4.78, 5) is 12.4. The molecule has 0 fully saturated rings. The number of esters is 1. The highest BCUT2D eigenvalue weighted by atomic mass is 127. The molecule has 1 heterocycles. The van der Waals surface area contributed by atoms with E-state index in [1.54, 1.807) is 6.07 Å². The molecule has 0 radical (unpaired) electrons. The Hall–Kier alpha value is -1.08. The Bertz CT molecular complexity index is 545. The number of carbonyl (C=O) groups excluding carboxylic acids is 1. The standard InChI is InChI=1S/C12H9IO3S/c1-16-12(15)11-9(14)6-10(17-11)7-2-4-8(13)5-3-7/h2-6,14H,1H3. The van der Waals surface area contributed by atoms with Crippen molar-refractivity contribution in [2.75, 3.05) is 7.11 Å². The highest BCUT2D eigenvalue weighted by molar-refractivity contribution is 14.1. The first-order valence-electron chi connectivity index (χ1n) is 4.79. The average molecular weight is 360 g/mol. The van der Waals surface area contributed by atoms with Crippen LogP contribution in [0.25, 0.3) is 10.4 Å². The minimum atomic E-state index is -0.510. The molecule has 0 aliphatic carbocycles. The second-order valence-electron chi connectivity index (χ2n) is 3.32. The van der Waals surface area contributed by atoms with E-state index in [-0.39, 0.29) is 10.6 Å². The average Bonchev–Trinajstić information content (AvgIpc) is 2.71. The van der Waals surface area contributed by atoms with Gasteiger partial charge in [0.2, 0.25) is 0 Å². The van der Waals surface area contributed by atoms with Gasteiger partial charge in [0.15, 0.2) is 4.88 Å². The van der Waals surface area contributed by atoms with Gasteiger partial charge in [-0.2, -0.15) is 0 Å². The van der Waals surface area contributed by atoms with Crippen LogP contribution in [0.3, 0.4) is 0 Å². The van der Waals surface area contributed by atoms with Crippen molar-refractivity contribution in [1.82, 2.24) is 0 Å². The second kappa shape index (κ2) is 5.05. The number of benzene rings is 1. The first kappa shape index (κ1) is 12.4. The monoisotopic (exact) mass is 360 g/mol. The lowest BCUT2D eigenvalue weighted by molar-refractivity contribution is 0.0603. The maximum absolute atomic E-state index is 11.4. The molecular weight excluding hydrogens is 351 g/mol. The van der Waals surface area contributed by atoms with Crippen molar-refractivity contribution in [2.45, 2.75) is 0 Å². The molecule has 0 saturated heterocycles. The van der Waals surface area contributed by atoms with Crippen molar-refractivity contribution in [3.63, 3.8) is 0 Å². The summed E-state index contributed by atoms with van der Waals surface area (Å²) in [6.07, 6.45) is 0. The SMILES string of the molecule is COC(=O)c1sc(-c2ccc(I)cc2)cc1O. The van der Waals surface area contributed by atoms with Gasteiger partial charge in [-0.15, -0.1) is 11.3 Å². The molecule has 0 atom stereocenters. The summed E-state index contributed by atoms with van der Waals surface area (Å²) in [7, 11) is 1.30. The van der Waals surface area contributed by atoms with Crippen LogP contribution >= 0.6 is 33.9 Å². The Morgan fingerprint density at radius 2 is 2.00 bits per heavy atom. The Morgan fingerprint density at radius 3 is 2.59 bits per heavy atom. The molecule has 1 N–H and O–H groups in total. The summed E-state index contributed by atoms with van der Waals surface area (Å²) in [5, 5.41) is 9.66. The van der Waals surface area contributed by atoms with E-state index in [0.29, 0.717) is 0 Å².